The Labute approximate surface area is 196 Å². The zero-order valence-electron chi connectivity index (χ0n) is 19.5. The summed E-state index contributed by atoms with van der Waals surface area (Å²) in [5.41, 5.74) is 2.26. The van der Waals surface area contributed by atoms with E-state index in [0.717, 1.165) is 22.2 Å². The number of amides is 2. The number of aromatic nitrogens is 1. The van der Waals surface area contributed by atoms with Crippen LogP contribution in [-0.4, -0.2) is 67.3 Å². The number of benzene rings is 2. The Morgan fingerprint density at radius 1 is 1.06 bits per heavy atom. The molecule has 1 atom stereocenters. The van der Waals surface area contributed by atoms with Crippen molar-refractivity contribution in [3.8, 4) is 17.2 Å². The van der Waals surface area contributed by atoms with Crippen LogP contribution in [0.1, 0.15) is 23.7 Å². The fraction of sp³-hybridized carbons (Fsp3) is 0.320. The second-order valence-corrected chi connectivity index (χ2v) is 8.46. The molecule has 0 radical (unpaired) electrons. The predicted molar refractivity (Wildman–Crippen MR) is 126 cm³/mol. The lowest BCUT2D eigenvalue weighted by Crippen LogP contribution is -2.65. The molecule has 2 aliphatic heterocycles. The number of rotatable bonds is 5. The summed E-state index contributed by atoms with van der Waals surface area (Å²) in [5.74, 6) is 0.995. The van der Waals surface area contributed by atoms with Crippen molar-refractivity contribution in [3.63, 3.8) is 0 Å². The Morgan fingerprint density at radius 2 is 1.76 bits per heavy atom. The van der Waals surface area contributed by atoms with Gasteiger partial charge in [0.25, 0.3) is 5.91 Å². The highest BCUT2D eigenvalue weighted by molar-refractivity contribution is 6.01. The molecule has 3 heterocycles. The zero-order valence-corrected chi connectivity index (χ0v) is 19.5. The lowest BCUT2D eigenvalue weighted by molar-refractivity contribution is -0.165. The predicted octanol–water partition coefficient (Wildman–Crippen LogP) is 2.67. The van der Waals surface area contributed by atoms with Crippen LogP contribution in [0, 0.1) is 0 Å². The van der Waals surface area contributed by atoms with Gasteiger partial charge in [-0.05, 0) is 37.1 Å². The molecule has 9 nitrogen and oxygen atoms in total. The van der Waals surface area contributed by atoms with Gasteiger partial charge in [0.15, 0.2) is 17.0 Å². The number of nitrogens with one attached hydrogen (secondary N) is 1. The van der Waals surface area contributed by atoms with Crippen LogP contribution in [0.15, 0.2) is 41.5 Å². The van der Waals surface area contributed by atoms with Crippen molar-refractivity contribution >= 4 is 28.9 Å². The zero-order chi connectivity index (χ0) is 24.0. The highest BCUT2D eigenvalue weighted by atomic mass is 16.5. The summed E-state index contributed by atoms with van der Waals surface area (Å²) in [6, 6.07) is 11.4. The minimum Gasteiger partial charge on any atom is -0.493 e. The molecule has 2 aromatic carbocycles. The lowest BCUT2D eigenvalue weighted by Gasteiger charge is -2.48. The van der Waals surface area contributed by atoms with E-state index in [4.69, 9.17) is 14.2 Å². The number of piperazine rings is 1. The van der Waals surface area contributed by atoms with Crippen LogP contribution in [0.25, 0.3) is 10.9 Å². The number of carbonyl (C=O) groups is 2. The molecule has 34 heavy (non-hydrogen) atoms. The average molecular weight is 463 g/mol. The number of hydrogen-bond donors (Lipinski definition) is 1. The van der Waals surface area contributed by atoms with Gasteiger partial charge in [0.05, 0.1) is 33.2 Å². The van der Waals surface area contributed by atoms with Gasteiger partial charge in [-0.2, -0.15) is 5.10 Å². The highest BCUT2D eigenvalue weighted by Gasteiger charge is 2.54. The van der Waals surface area contributed by atoms with Crippen molar-refractivity contribution in [3.05, 3.63) is 53.2 Å². The smallest absolute Gasteiger partial charge is 0.275 e. The SMILES string of the molecule is COc1cc(/C=N/N2CC(=O)N3CCc4c([nH]c5ccccc45)[C@]3(C)C2=O)cc(OC)c1OC. The average Bonchev–Trinajstić information content (AvgIpc) is 3.24. The first-order chi connectivity index (χ1) is 16.4. The van der Waals surface area contributed by atoms with E-state index in [1.54, 1.807) is 24.0 Å². The summed E-state index contributed by atoms with van der Waals surface area (Å²) in [6.45, 7) is 2.16. The first-order valence-corrected chi connectivity index (χ1v) is 11.0. The fourth-order valence-corrected chi connectivity index (χ4v) is 5.00. The molecule has 9 heteroatoms. The molecule has 0 saturated carbocycles. The van der Waals surface area contributed by atoms with Crippen molar-refractivity contribution in [2.75, 3.05) is 34.4 Å². The Hall–Kier alpha value is -4.01. The Morgan fingerprint density at radius 3 is 2.44 bits per heavy atom. The van der Waals surface area contributed by atoms with Gasteiger partial charge in [-0.3, -0.25) is 9.59 Å². The van der Waals surface area contributed by atoms with Gasteiger partial charge in [-0.15, -0.1) is 0 Å². The monoisotopic (exact) mass is 462 g/mol. The second-order valence-electron chi connectivity index (χ2n) is 8.46. The molecule has 5 rings (SSSR count). The second kappa shape index (κ2) is 8.09. The molecule has 0 unspecified atom stereocenters. The summed E-state index contributed by atoms with van der Waals surface area (Å²) < 4.78 is 16.1. The van der Waals surface area contributed by atoms with Gasteiger partial charge in [0.2, 0.25) is 11.7 Å². The Kier molecular flexibility index (Phi) is 5.19. The standard InChI is InChI=1S/C25H26N4O5/c1-25-23-17(16-7-5-6-8-18(16)27-23)9-10-28(25)21(30)14-29(24(25)31)26-13-15-11-19(32-2)22(34-4)20(12-15)33-3/h5-8,11-13,27H,9-10,14H2,1-4H3/b26-13+/t25-/m1/s1. The summed E-state index contributed by atoms with van der Waals surface area (Å²) in [5, 5.41) is 6.72. The van der Waals surface area contributed by atoms with Crippen molar-refractivity contribution < 1.29 is 23.8 Å². The van der Waals surface area contributed by atoms with Gasteiger partial charge < -0.3 is 24.1 Å². The van der Waals surface area contributed by atoms with Gasteiger partial charge in [0, 0.05) is 23.0 Å². The maximum Gasteiger partial charge on any atom is 0.275 e. The maximum absolute atomic E-state index is 13.8. The molecule has 1 N–H and O–H groups in total. The number of methoxy groups -OCH3 is 3. The van der Waals surface area contributed by atoms with Crippen LogP contribution in [0.4, 0.5) is 0 Å². The number of nitrogens with zero attached hydrogens (tertiary/aromatic N) is 3. The number of fused-ring (bicyclic) bond motifs is 5. The van der Waals surface area contributed by atoms with Gasteiger partial charge in [-0.25, -0.2) is 5.01 Å². The molecule has 1 saturated heterocycles. The van der Waals surface area contributed by atoms with Crippen molar-refractivity contribution in [2.45, 2.75) is 18.9 Å². The molecule has 2 aliphatic rings. The van der Waals surface area contributed by atoms with E-state index >= 15 is 0 Å². The van der Waals surface area contributed by atoms with Gasteiger partial charge in [0.1, 0.15) is 6.54 Å². The van der Waals surface area contributed by atoms with Crippen molar-refractivity contribution in [1.82, 2.24) is 14.9 Å². The third kappa shape index (κ3) is 3.11. The largest absolute Gasteiger partial charge is 0.493 e. The number of hydrogen-bond acceptors (Lipinski definition) is 6. The van der Waals surface area contributed by atoms with E-state index in [2.05, 4.69) is 10.1 Å². The molecule has 176 valence electrons. The topological polar surface area (TPSA) is 96.5 Å². The molecular weight excluding hydrogens is 436 g/mol. The van der Waals surface area contributed by atoms with E-state index in [0.29, 0.717) is 35.8 Å². The number of hydrazone groups is 1. The van der Waals surface area contributed by atoms with Gasteiger partial charge in [-0.1, -0.05) is 18.2 Å². The first kappa shape index (κ1) is 21.8. The Balaban J connectivity index is 1.53. The molecule has 1 fully saturated rings. The summed E-state index contributed by atoms with van der Waals surface area (Å²) in [7, 11) is 4.59. The minimum atomic E-state index is -1.16. The van der Waals surface area contributed by atoms with Crippen molar-refractivity contribution in [2.24, 2.45) is 5.10 Å². The lowest BCUT2D eigenvalue weighted by atomic mass is 9.83. The fourth-order valence-electron chi connectivity index (χ4n) is 5.00. The van der Waals surface area contributed by atoms with E-state index in [1.165, 1.54) is 32.6 Å². The van der Waals surface area contributed by atoms with Crippen molar-refractivity contribution in [1.29, 1.82) is 0 Å². The number of H-pyrrole nitrogens is 1. The van der Waals surface area contributed by atoms with Crippen LogP contribution in [0.5, 0.6) is 17.2 Å². The number of ether oxygens (including phenoxy) is 3. The summed E-state index contributed by atoms with van der Waals surface area (Å²) >= 11 is 0. The van der Waals surface area contributed by atoms with Gasteiger partial charge >= 0.3 is 0 Å². The number of aromatic amines is 1. The van der Waals surface area contributed by atoms with Crippen LogP contribution in [0.2, 0.25) is 0 Å². The van der Waals surface area contributed by atoms with E-state index < -0.39 is 5.54 Å². The van der Waals surface area contributed by atoms with E-state index in [1.807, 2.05) is 24.3 Å². The number of para-hydroxylation sites is 1. The van der Waals surface area contributed by atoms with E-state index in [-0.39, 0.29) is 18.4 Å². The Bertz CT molecular complexity index is 1310. The quantitative estimate of drug-likeness (QED) is 0.588. The summed E-state index contributed by atoms with van der Waals surface area (Å²) in [4.78, 5) is 31.9. The van der Waals surface area contributed by atoms with Crippen LogP contribution in [-0.2, 0) is 21.5 Å². The molecule has 3 aromatic rings. The molecule has 0 spiro atoms. The molecule has 2 amide bonds. The molecule has 0 aliphatic carbocycles. The molecular formula is C25H26N4O5. The maximum atomic E-state index is 13.8. The molecule has 0 bridgehead atoms. The van der Waals surface area contributed by atoms with Crippen LogP contribution in [0.3, 0.4) is 0 Å². The highest BCUT2D eigenvalue weighted by Crippen LogP contribution is 2.42. The number of carbonyl (C=O) groups excluding carboxylic acids is 2. The summed E-state index contributed by atoms with van der Waals surface area (Å²) in [6.07, 6.45) is 2.21. The third-order valence-electron chi connectivity index (χ3n) is 6.70. The first-order valence-electron chi connectivity index (χ1n) is 11.0. The molecule has 1 aromatic heterocycles. The minimum absolute atomic E-state index is 0.120. The van der Waals surface area contributed by atoms with E-state index in [9.17, 15) is 9.59 Å². The van der Waals surface area contributed by atoms with Crippen LogP contribution < -0.4 is 14.2 Å². The normalized spacial score (nSPS) is 20.0. The third-order valence-corrected chi connectivity index (χ3v) is 6.70. The van der Waals surface area contributed by atoms with Crippen LogP contribution >= 0.6 is 0 Å².